The molecule has 1 amide bonds. The van der Waals surface area contributed by atoms with Gasteiger partial charge in [-0.15, -0.1) is 0 Å². The number of nitrogens with zero attached hydrogens (tertiary/aromatic N) is 1. The van der Waals surface area contributed by atoms with Crippen molar-refractivity contribution in [2.24, 2.45) is 11.8 Å². The molecule has 0 saturated carbocycles. The second-order valence-electron chi connectivity index (χ2n) is 6.07. The molecule has 1 N–H and O–H groups in total. The molecule has 0 aromatic carbocycles. The fraction of sp³-hybridized carbons (Fsp3) is 0.929. The molecule has 98 valence electrons. The van der Waals surface area contributed by atoms with Crippen LogP contribution in [-0.4, -0.2) is 36.0 Å². The van der Waals surface area contributed by atoms with Crippen LogP contribution in [0.3, 0.4) is 0 Å². The third-order valence-corrected chi connectivity index (χ3v) is 4.37. The first-order valence-electron chi connectivity index (χ1n) is 7.12. The second-order valence-corrected chi connectivity index (χ2v) is 6.07. The zero-order valence-electron chi connectivity index (χ0n) is 11.4. The molecule has 0 aromatic heterocycles. The molecule has 0 aliphatic carbocycles. The molecular formula is C14H26N2O. The van der Waals surface area contributed by atoms with Crippen molar-refractivity contribution in [2.45, 2.75) is 58.5 Å². The standard InChI is InChI=1S/C14H26N2O/c1-10-7-13(9-15-8-10)14(17)16-11(2)5-4-6-12(16)3/h10-13,15H,4-9H2,1-3H3. The normalized spacial score (nSPS) is 39.1. The second kappa shape index (κ2) is 5.38. The summed E-state index contributed by atoms with van der Waals surface area (Å²) >= 11 is 0. The summed E-state index contributed by atoms with van der Waals surface area (Å²) in [7, 11) is 0. The highest BCUT2D eigenvalue weighted by molar-refractivity contribution is 5.80. The Morgan fingerprint density at radius 2 is 1.76 bits per heavy atom. The lowest BCUT2D eigenvalue weighted by molar-refractivity contribution is -0.142. The van der Waals surface area contributed by atoms with Gasteiger partial charge in [-0.3, -0.25) is 4.79 Å². The zero-order valence-corrected chi connectivity index (χ0v) is 11.4. The predicted octanol–water partition coefficient (Wildman–Crippen LogP) is 2.02. The quantitative estimate of drug-likeness (QED) is 0.758. The number of piperidine rings is 2. The summed E-state index contributed by atoms with van der Waals surface area (Å²) in [4.78, 5) is 14.8. The van der Waals surface area contributed by atoms with Crippen LogP contribution in [-0.2, 0) is 4.79 Å². The Bertz CT molecular complexity index is 269. The van der Waals surface area contributed by atoms with Crippen molar-refractivity contribution in [3.63, 3.8) is 0 Å². The van der Waals surface area contributed by atoms with Gasteiger partial charge in [0.1, 0.15) is 0 Å². The molecule has 0 radical (unpaired) electrons. The summed E-state index contributed by atoms with van der Waals surface area (Å²) < 4.78 is 0. The third kappa shape index (κ3) is 2.82. The van der Waals surface area contributed by atoms with Gasteiger partial charge in [0.2, 0.25) is 5.91 Å². The van der Waals surface area contributed by atoms with Gasteiger partial charge in [0.05, 0.1) is 5.92 Å². The summed E-state index contributed by atoms with van der Waals surface area (Å²) in [6.07, 6.45) is 4.67. The minimum atomic E-state index is 0.210. The molecule has 0 bridgehead atoms. The zero-order chi connectivity index (χ0) is 12.4. The molecule has 2 fully saturated rings. The molecule has 17 heavy (non-hydrogen) atoms. The summed E-state index contributed by atoms with van der Waals surface area (Å²) in [5.74, 6) is 1.23. The lowest BCUT2D eigenvalue weighted by Crippen LogP contribution is -2.53. The molecule has 2 heterocycles. The van der Waals surface area contributed by atoms with Crippen molar-refractivity contribution in [1.82, 2.24) is 10.2 Å². The monoisotopic (exact) mass is 238 g/mol. The van der Waals surface area contributed by atoms with Crippen molar-refractivity contribution in [2.75, 3.05) is 13.1 Å². The van der Waals surface area contributed by atoms with Crippen molar-refractivity contribution in [1.29, 1.82) is 0 Å². The van der Waals surface area contributed by atoms with Crippen molar-refractivity contribution >= 4 is 5.91 Å². The van der Waals surface area contributed by atoms with E-state index >= 15 is 0 Å². The molecule has 3 heteroatoms. The largest absolute Gasteiger partial charge is 0.337 e. The van der Waals surface area contributed by atoms with Crippen LogP contribution in [0.4, 0.5) is 0 Å². The van der Waals surface area contributed by atoms with Crippen LogP contribution >= 0.6 is 0 Å². The first kappa shape index (κ1) is 12.9. The predicted molar refractivity (Wildman–Crippen MR) is 69.8 cm³/mol. The van der Waals surface area contributed by atoms with E-state index in [0.29, 0.717) is 23.9 Å². The topological polar surface area (TPSA) is 32.3 Å². The van der Waals surface area contributed by atoms with E-state index in [1.54, 1.807) is 0 Å². The van der Waals surface area contributed by atoms with Gasteiger partial charge in [0.25, 0.3) is 0 Å². The van der Waals surface area contributed by atoms with Crippen LogP contribution in [0, 0.1) is 11.8 Å². The van der Waals surface area contributed by atoms with Crippen LogP contribution in [0.2, 0.25) is 0 Å². The van der Waals surface area contributed by atoms with Crippen LogP contribution in [0.5, 0.6) is 0 Å². The Morgan fingerprint density at radius 3 is 2.35 bits per heavy atom. The van der Waals surface area contributed by atoms with Crippen LogP contribution in [0.15, 0.2) is 0 Å². The minimum absolute atomic E-state index is 0.210. The van der Waals surface area contributed by atoms with Crippen molar-refractivity contribution < 1.29 is 4.79 Å². The molecule has 2 rings (SSSR count). The average Bonchev–Trinajstić information content (AvgIpc) is 2.28. The Hall–Kier alpha value is -0.570. The Morgan fingerprint density at radius 1 is 1.12 bits per heavy atom. The van der Waals surface area contributed by atoms with Crippen LogP contribution < -0.4 is 5.32 Å². The van der Waals surface area contributed by atoms with Gasteiger partial charge in [-0.05, 0) is 52.0 Å². The number of amides is 1. The minimum Gasteiger partial charge on any atom is -0.337 e. The van der Waals surface area contributed by atoms with E-state index in [0.717, 1.165) is 19.5 Å². The fourth-order valence-electron chi connectivity index (χ4n) is 3.41. The van der Waals surface area contributed by atoms with E-state index in [4.69, 9.17) is 0 Å². The van der Waals surface area contributed by atoms with E-state index in [1.807, 2.05) is 0 Å². The fourth-order valence-corrected chi connectivity index (χ4v) is 3.41. The molecule has 4 unspecified atom stereocenters. The molecule has 3 nitrogen and oxygen atoms in total. The first-order chi connectivity index (χ1) is 8.09. The van der Waals surface area contributed by atoms with E-state index in [2.05, 4.69) is 31.0 Å². The summed E-state index contributed by atoms with van der Waals surface area (Å²) in [6.45, 7) is 8.57. The summed E-state index contributed by atoms with van der Waals surface area (Å²) in [5.41, 5.74) is 0. The summed E-state index contributed by atoms with van der Waals surface area (Å²) in [6, 6.07) is 0.868. The van der Waals surface area contributed by atoms with Gasteiger partial charge in [-0.1, -0.05) is 6.92 Å². The number of carbonyl (C=O) groups excluding carboxylic acids is 1. The SMILES string of the molecule is CC1CNCC(C(=O)N2C(C)CCCC2C)C1. The Kier molecular flexibility index (Phi) is 4.08. The van der Waals surface area contributed by atoms with E-state index in [1.165, 1.54) is 19.3 Å². The lowest BCUT2D eigenvalue weighted by atomic mass is 9.88. The maximum absolute atomic E-state index is 12.6. The van der Waals surface area contributed by atoms with Gasteiger partial charge in [-0.25, -0.2) is 0 Å². The van der Waals surface area contributed by atoms with Gasteiger partial charge in [0.15, 0.2) is 0 Å². The first-order valence-corrected chi connectivity index (χ1v) is 7.12. The molecule has 4 atom stereocenters. The highest BCUT2D eigenvalue weighted by atomic mass is 16.2. The smallest absolute Gasteiger partial charge is 0.227 e. The molecule has 2 aliphatic heterocycles. The molecule has 0 spiro atoms. The van der Waals surface area contributed by atoms with Gasteiger partial charge < -0.3 is 10.2 Å². The highest BCUT2D eigenvalue weighted by Crippen LogP contribution is 2.27. The van der Waals surface area contributed by atoms with Crippen LogP contribution in [0.1, 0.15) is 46.5 Å². The van der Waals surface area contributed by atoms with Gasteiger partial charge >= 0.3 is 0 Å². The maximum Gasteiger partial charge on any atom is 0.227 e. The molecule has 2 saturated heterocycles. The van der Waals surface area contributed by atoms with Gasteiger partial charge in [0, 0.05) is 18.6 Å². The van der Waals surface area contributed by atoms with Crippen LogP contribution in [0.25, 0.3) is 0 Å². The van der Waals surface area contributed by atoms with E-state index in [9.17, 15) is 4.79 Å². The number of likely N-dealkylation sites (tertiary alicyclic amines) is 1. The number of hydrogen-bond donors (Lipinski definition) is 1. The van der Waals surface area contributed by atoms with Gasteiger partial charge in [-0.2, -0.15) is 0 Å². The third-order valence-electron chi connectivity index (χ3n) is 4.37. The number of rotatable bonds is 1. The summed E-state index contributed by atoms with van der Waals surface area (Å²) in [5, 5.41) is 3.39. The average molecular weight is 238 g/mol. The van der Waals surface area contributed by atoms with E-state index in [-0.39, 0.29) is 5.92 Å². The van der Waals surface area contributed by atoms with Crippen molar-refractivity contribution in [3.8, 4) is 0 Å². The molecular weight excluding hydrogens is 212 g/mol. The Labute approximate surface area is 105 Å². The van der Waals surface area contributed by atoms with Crippen molar-refractivity contribution in [3.05, 3.63) is 0 Å². The molecule has 2 aliphatic rings. The maximum atomic E-state index is 12.6. The highest BCUT2D eigenvalue weighted by Gasteiger charge is 2.34. The van der Waals surface area contributed by atoms with E-state index < -0.39 is 0 Å². The lowest BCUT2D eigenvalue weighted by Gasteiger charge is -2.42. The Balaban J connectivity index is 2.02. The number of hydrogen-bond acceptors (Lipinski definition) is 2. The molecule has 0 aromatic rings. The number of carbonyl (C=O) groups is 1. The number of nitrogens with one attached hydrogen (secondary N) is 1.